The van der Waals surface area contributed by atoms with Crippen LogP contribution in [0.5, 0.6) is 5.75 Å². The molecule has 0 aliphatic carbocycles. The molecule has 1 rings (SSSR count). The Kier molecular flexibility index (Phi) is 3.57. The SMILES string of the molecule is CN(C)Cc1ccc(OC(F)(F)F)cc1. The third-order valence-electron chi connectivity index (χ3n) is 1.66. The first-order chi connectivity index (χ1) is 6.87. The Morgan fingerprint density at radius 2 is 1.67 bits per heavy atom. The summed E-state index contributed by atoms with van der Waals surface area (Å²) in [6, 6.07) is 5.85. The smallest absolute Gasteiger partial charge is 0.406 e. The molecule has 0 N–H and O–H groups in total. The van der Waals surface area contributed by atoms with E-state index in [2.05, 4.69) is 4.74 Å². The Morgan fingerprint density at radius 3 is 2.07 bits per heavy atom. The van der Waals surface area contributed by atoms with Crippen LogP contribution >= 0.6 is 0 Å². The quantitative estimate of drug-likeness (QED) is 0.774. The molecule has 0 fully saturated rings. The molecule has 0 saturated heterocycles. The van der Waals surface area contributed by atoms with Gasteiger partial charge < -0.3 is 9.64 Å². The van der Waals surface area contributed by atoms with Crippen molar-refractivity contribution in [3.8, 4) is 5.75 Å². The molecule has 0 bridgehead atoms. The van der Waals surface area contributed by atoms with Gasteiger partial charge in [0.2, 0.25) is 0 Å². The first-order valence-electron chi connectivity index (χ1n) is 4.36. The lowest BCUT2D eigenvalue weighted by atomic mass is 10.2. The summed E-state index contributed by atoms with van der Waals surface area (Å²) in [5.41, 5.74) is 0.939. The summed E-state index contributed by atoms with van der Waals surface area (Å²) in [6.07, 6.45) is -4.62. The molecule has 0 unspecified atom stereocenters. The summed E-state index contributed by atoms with van der Waals surface area (Å²) in [7, 11) is 3.78. The lowest BCUT2D eigenvalue weighted by Gasteiger charge is -2.11. The fraction of sp³-hybridized carbons (Fsp3) is 0.400. The number of rotatable bonds is 3. The van der Waals surface area contributed by atoms with Crippen LogP contribution in [0.25, 0.3) is 0 Å². The zero-order chi connectivity index (χ0) is 11.5. The van der Waals surface area contributed by atoms with Crippen molar-refractivity contribution in [3.63, 3.8) is 0 Å². The molecular weight excluding hydrogens is 207 g/mol. The van der Waals surface area contributed by atoms with Gasteiger partial charge in [0.1, 0.15) is 5.75 Å². The van der Waals surface area contributed by atoms with Gasteiger partial charge in [0.05, 0.1) is 0 Å². The molecule has 2 nitrogen and oxygen atoms in total. The first-order valence-corrected chi connectivity index (χ1v) is 4.36. The zero-order valence-electron chi connectivity index (χ0n) is 8.51. The van der Waals surface area contributed by atoms with Gasteiger partial charge in [0.25, 0.3) is 0 Å². The van der Waals surface area contributed by atoms with E-state index in [0.717, 1.165) is 5.56 Å². The van der Waals surface area contributed by atoms with Gasteiger partial charge in [0.15, 0.2) is 0 Å². The summed E-state index contributed by atoms with van der Waals surface area (Å²) in [6.45, 7) is 0.687. The molecule has 0 heterocycles. The Morgan fingerprint density at radius 1 is 1.13 bits per heavy atom. The van der Waals surface area contributed by atoms with E-state index in [1.54, 1.807) is 12.1 Å². The molecule has 0 atom stereocenters. The van der Waals surface area contributed by atoms with Crippen LogP contribution < -0.4 is 4.74 Å². The van der Waals surface area contributed by atoms with Crippen LogP contribution in [0.1, 0.15) is 5.56 Å². The topological polar surface area (TPSA) is 12.5 Å². The second-order valence-electron chi connectivity index (χ2n) is 3.43. The fourth-order valence-corrected chi connectivity index (χ4v) is 1.16. The first kappa shape index (κ1) is 11.8. The molecule has 0 aromatic heterocycles. The van der Waals surface area contributed by atoms with Crippen LogP contribution in [-0.4, -0.2) is 25.4 Å². The molecule has 0 saturated carbocycles. The molecule has 84 valence electrons. The molecule has 15 heavy (non-hydrogen) atoms. The highest BCUT2D eigenvalue weighted by Gasteiger charge is 2.30. The third kappa shape index (κ3) is 4.69. The van der Waals surface area contributed by atoms with E-state index in [1.807, 2.05) is 19.0 Å². The van der Waals surface area contributed by atoms with Crippen molar-refractivity contribution < 1.29 is 17.9 Å². The fourth-order valence-electron chi connectivity index (χ4n) is 1.16. The maximum atomic E-state index is 11.8. The minimum atomic E-state index is -4.62. The highest BCUT2D eigenvalue weighted by molar-refractivity contribution is 5.27. The molecule has 1 aromatic rings. The Hall–Kier alpha value is -1.23. The largest absolute Gasteiger partial charge is 0.573 e. The van der Waals surface area contributed by atoms with E-state index in [1.165, 1.54) is 12.1 Å². The Balaban J connectivity index is 2.64. The van der Waals surface area contributed by atoms with E-state index >= 15 is 0 Å². The van der Waals surface area contributed by atoms with Crippen LogP contribution in [0, 0.1) is 0 Å². The van der Waals surface area contributed by atoms with Crippen molar-refractivity contribution in [3.05, 3.63) is 29.8 Å². The standard InChI is InChI=1S/C10H12F3NO/c1-14(2)7-8-3-5-9(6-4-8)15-10(11,12)13/h3-6H,7H2,1-2H3. The number of benzene rings is 1. The summed E-state index contributed by atoms with van der Waals surface area (Å²) >= 11 is 0. The van der Waals surface area contributed by atoms with Crippen LogP contribution in [0.4, 0.5) is 13.2 Å². The molecule has 5 heteroatoms. The Bertz CT molecular complexity index is 305. The lowest BCUT2D eigenvalue weighted by molar-refractivity contribution is -0.274. The van der Waals surface area contributed by atoms with E-state index < -0.39 is 6.36 Å². The van der Waals surface area contributed by atoms with E-state index in [0.29, 0.717) is 6.54 Å². The predicted octanol–water partition coefficient (Wildman–Crippen LogP) is 2.65. The second-order valence-corrected chi connectivity index (χ2v) is 3.43. The number of halogens is 3. The minimum absolute atomic E-state index is 0.190. The Labute approximate surface area is 86.3 Å². The van der Waals surface area contributed by atoms with Gasteiger partial charge >= 0.3 is 6.36 Å². The minimum Gasteiger partial charge on any atom is -0.406 e. The van der Waals surface area contributed by atoms with Gasteiger partial charge in [-0.25, -0.2) is 0 Å². The van der Waals surface area contributed by atoms with Crippen LogP contribution in [0.2, 0.25) is 0 Å². The number of nitrogens with zero attached hydrogens (tertiary/aromatic N) is 1. The van der Waals surface area contributed by atoms with Crippen LogP contribution in [0.15, 0.2) is 24.3 Å². The maximum absolute atomic E-state index is 11.8. The lowest BCUT2D eigenvalue weighted by Crippen LogP contribution is -2.17. The van der Waals surface area contributed by atoms with E-state index in [-0.39, 0.29) is 5.75 Å². The van der Waals surface area contributed by atoms with Gasteiger partial charge in [-0.1, -0.05) is 12.1 Å². The van der Waals surface area contributed by atoms with Gasteiger partial charge in [-0.05, 0) is 31.8 Å². The van der Waals surface area contributed by atoms with Crippen molar-refractivity contribution in [2.45, 2.75) is 12.9 Å². The van der Waals surface area contributed by atoms with Crippen molar-refractivity contribution in [1.82, 2.24) is 4.90 Å². The molecule has 0 aliphatic heterocycles. The zero-order valence-corrected chi connectivity index (χ0v) is 8.51. The van der Waals surface area contributed by atoms with Crippen molar-refractivity contribution in [2.24, 2.45) is 0 Å². The highest BCUT2D eigenvalue weighted by Crippen LogP contribution is 2.22. The molecule has 0 aliphatic rings. The molecule has 0 amide bonds. The van der Waals surface area contributed by atoms with Crippen LogP contribution in [0.3, 0.4) is 0 Å². The summed E-state index contributed by atoms with van der Waals surface area (Å²) < 4.78 is 39.2. The summed E-state index contributed by atoms with van der Waals surface area (Å²) in [4.78, 5) is 1.93. The molecule has 1 aromatic carbocycles. The average molecular weight is 219 g/mol. The van der Waals surface area contributed by atoms with Gasteiger partial charge in [0, 0.05) is 6.54 Å². The van der Waals surface area contributed by atoms with E-state index in [4.69, 9.17) is 0 Å². The number of ether oxygens (including phenoxy) is 1. The van der Waals surface area contributed by atoms with Gasteiger partial charge in [-0.2, -0.15) is 0 Å². The maximum Gasteiger partial charge on any atom is 0.573 e. The van der Waals surface area contributed by atoms with Crippen molar-refractivity contribution in [1.29, 1.82) is 0 Å². The molecule has 0 radical (unpaired) electrons. The van der Waals surface area contributed by atoms with E-state index in [9.17, 15) is 13.2 Å². The third-order valence-corrected chi connectivity index (χ3v) is 1.66. The highest BCUT2D eigenvalue weighted by atomic mass is 19.4. The van der Waals surface area contributed by atoms with Gasteiger partial charge in [-0.3, -0.25) is 0 Å². The second kappa shape index (κ2) is 4.53. The molecular formula is C10H12F3NO. The van der Waals surface area contributed by atoms with Gasteiger partial charge in [-0.15, -0.1) is 13.2 Å². The monoisotopic (exact) mass is 219 g/mol. The predicted molar refractivity (Wildman–Crippen MR) is 50.5 cm³/mol. The number of alkyl halides is 3. The molecule has 0 spiro atoms. The summed E-state index contributed by atoms with van der Waals surface area (Å²) in [5.74, 6) is -0.190. The average Bonchev–Trinajstić information content (AvgIpc) is 2.05. The van der Waals surface area contributed by atoms with Crippen LogP contribution in [-0.2, 0) is 6.54 Å². The van der Waals surface area contributed by atoms with Crippen molar-refractivity contribution >= 4 is 0 Å². The summed E-state index contributed by atoms with van der Waals surface area (Å²) in [5, 5.41) is 0. The number of hydrogen-bond donors (Lipinski definition) is 0. The number of hydrogen-bond acceptors (Lipinski definition) is 2. The normalized spacial score (nSPS) is 11.9. The van der Waals surface area contributed by atoms with Crippen molar-refractivity contribution in [2.75, 3.05) is 14.1 Å².